The predicted molar refractivity (Wildman–Crippen MR) is 82.9 cm³/mol. The molecule has 5 heteroatoms. The fourth-order valence-corrected chi connectivity index (χ4v) is 3.15. The Morgan fingerprint density at radius 2 is 2.14 bits per heavy atom. The molecule has 1 heterocycles. The van der Waals surface area contributed by atoms with Crippen molar-refractivity contribution in [2.45, 2.75) is 37.8 Å². The van der Waals surface area contributed by atoms with Crippen molar-refractivity contribution in [3.05, 3.63) is 53.1 Å². The van der Waals surface area contributed by atoms with E-state index in [1.165, 1.54) is 23.4 Å². The molecule has 1 aromatic heterocycles. The molecule has 1 aromatic carbocycles. The van der Waals surface area contributed by atoms with E-state index in [-0.39, 0.29) is 11.9 Å². The van der Waals surface area contributed by atoms with Gasteiger partial charge < -0.3 is 10.4 Å². The molecule has 4 nitrogen and oxygen atoms in total. The van der Waals surface area contributed by atoms with Gasteiger partial charge in [0.05, 0.1) is 11.8 Å². The molecule has 0 radical (unpaired) electrons. The number of aliphatic hydroxyl groups is 1. The average Bonchev–Trinajstić information content (AvgIpc) is 2.88. The number of benzene rings is 1. The molecule has 2 aromatic rings. The SMILES string of the molecule is Cn1ncc2c1CCCC2NCC(C)(O)c1ccc(F)cc1. The van der Waals surface area contributed by atoms with Gasteiger partial charge in [0.2, 0.25) is 0 Å². The summed E-state index contributed by atoms with van der Waals surface area (Å²) in [6, 6.07) is 6.23. The number of aryl methyl sites for hydroxylation is 1. The van der Waals surface area contributed by atoms with Gasteiger partial charge in [0.1, 0.15) is 5.82 Å². The fraction of sp³-hybridized carbons (Fsp3) is 0.471. The first kappa shape index (κ1) is 15.2. The number of fused-ring (bicyclic) bond motifs is 1. The van der Waals surface area contributed by atoms with Gasteiger partial charge in [-0.3, -0.25) is 4.68 Å². The third-order valence-corrected chi connectivity index (χ3v) is 4.53. The Labute approximate surface area is 130 Å². The van der Waals surface area contributed by atoms with E-state index in [0.717, 1.165) is 19.3 Å². The van der Waals surface area contributed by atoms with E-state index in [1.807, 2.05) is 17.9 Å². The van der Waals surface area contributed by atoms with Crippen LogP contribution < -0.4 is 5.32 Å². The maximum absolute atomic E-state index is 13.0. The highest BCUT2D eigenvalue weighted by molar-refractivity contribution is 5.26. The highest BCUT2D eigenvalue weighted by atomic mass is 19.1. The molecule has 1 aliphatic carbocycles. The summed E-state index contributed by atoms with van der Waals surface area (Å²) in [5.74, 6) is -0.292. The highest BCUT2D eigenvalue weighted by Crippen LogP contribution is 2.30. The molecule has 0 amide bonds. The van der Waals surface area contributed by atoms with E-state index in [1.54, 1.807) is 19.1 Å². The minimum Gasteiger partial charge on any atom is -0.384 e. The van der Waals surface area contributed by atoms with Crippen LogP contribution in [0, 0.1) is 5.82 Å². The molecule has 0 saturated heterocycles. The van der Waals surface area contributed by atoms with Crippen LogP contribution in [0.15, 0.2) is 30.5 Å². The molecule has 1 aliphatic rings. The van der Waals surface area contributed by atoms with E-state index >= 15 is 0 Å². The van der Waals surface area contributed by atoms with Crippen molar-refractivity contribution in [3.8, 4) is 0 Å². The minimum absolute atomic E-state index is 0.212. The minimum atomic E-state index is -1.03. The lowest BCUT2D eigenvalue weighted by Gasteiger charge is -2.30. The van der Waals surface area contributed by atoms with Gasteiger partial charge in [-0.2, -0.15) is 5.10 Å². The first-order chi connectivity index (χ1) is 10.5. The van der Waals surface area contributed by atoms with Gasteiger partial charge in [-0.1, -0.05) is 12.1 Å². The largest absolute Gasteiger partial charge is 0.384 e. The molecular formula is C17H22FN3O. The first-order valence-electron chi connectivity index (χ1n) is 7.70. The summed E-state index contributed by atoms with van der Waals surface area (Å²) in [6.45, 7) is 2.16. The molecule has 2 unspecified atom stereocenters. The molecule has 0 saturated carbocycles. The average molecular weight is 303 g/mol. The summed E-state index contributed by atoms with van der Waals surface area (Å²) >= 11 is 0. The number of halogens is 1. The van der Waals surface area contributed by atoms with Crippen LogP contribution in [-0.4, -0.2) is 21.4 Å². The smallest absolute Gasteiger partial charge is 0.123 e. The third-order valence-electron chi connectivity index (χ3n) is 4.53. The maximum Gasteiger partial charge on any atom is 0.123 e. The zero-order valence-electron chi connectivity index (χ0n) is 13.0. The van der Waals surface area contributed by atoms with Gasteiger partial charge in [0.15, 0.2) is 0 Å². The molecule has 0 fully saturated rings. The molecule has 2 atom stereocenters. The van der Waals surface area contributed by atoms with E-state index < -0.39 is 5.60 Å². The van der Waals surface area contributed by atoms with Gasteiger partial charge in [0, 0.05) is 30.9 Å². The summed E-state index contributed by atoms with van der Waals surface area (Å²) in [6.07, 6.45) is 5.12. The van der Waals surface area contributed by atoms with Crippen LogP contribution in [0.1, 0.15) is 42.6 Å². The summed E-state index contributed by atoms with van der Waals surface area (Å²) < 4.78 is 14.9. The molecular weight excluding hydrogens is 281 g/mol. The van der Waals surface area contributed by atoms with Crippen LogP contribution in [0.3, 0.4) is 0 Å². The summed E-state index contributed by atoms with van der Waals surface area (Å²) in [5.41, 5.74) is 2.17. The molecule has 3 rings (SSSR count). The normalized spacial score (nSPS) is 20.5. The molecule has 22 heavy (non-hydrogen) atoms. The lowest BCUT2D eigenvalue weighted by molar-refractivity contribution is 0.0530. The second kappa shape index (κ2) is 5.82. The Bertz CT molecular complexity index is 648. The van der Waals surface area contributed by atoms with Crippen LogP contribution in [0.4, 0.5) is 4.39 Å². The van der Waals surface area contributed by atoms with Gasteiger partial charge in [-0.05, 0) is 43.9 Å². The first-order valence-corrected chi connectivity index (χ1v) is 7.70. The zero-order chi connectivity index (χ0) is 15.7. The monoisotopic (exact) mass is 303 g/mol. The predicted octanol–water partition coefficient (Wildman–Crippen LogP) is 2.43. The summed E-state index contributed by atoms with van der Waals surface area (Å²) in [5, 5.41) is 18.4. The standard InChI is InChI=1S/C17H22FN3O/c1-17(22,12-6-8-13(18)9-7-12)11-19-15-4-3-5-16-14(15)10-20-21(16)2/h6-10,15,19,22H,3-5,11H2,1-2H3. The molecule has 0 bridgehead atoms. The van der Waals surface area contributed by atoms with Gasteiger partial charge >= 0.3 is 0 Å². The van der Waals surface area contributed by atoms with Gasteiger partial charge in [-0.15, -0.1) is 0 Å². The summed E-state index contributed by atoms with van der Waals surface area (Å²) in [7, 11) is 1.97. The number of rotatable bonds is 4. The Morgan fingerprint density at radius 1 is 1.41 bits per heavy atom. The van der Waals surface area contributed by atoms with Crippen molar-refractivity contribution in [1.82, 2.24) is 15.1 Å². The molecule has 0 spiro atoms. The van der Waals surface area contributed by atoms with Crippen LogP contribution in [0.25, 0.3) is 0 Å². The Hall–Kier alpha value is -1.72. The second-order valence-electron chi connectivity index (χ2n) is 6.28. The van der Waals surface area contributed by atoms with E-state index in [2.05, 4.69) is 10.4 Å². The molecule has 0 aliphatic heterocycles. The van der Waals surface area contributed by atoms with Crippen LogP contribution in [0.5, 0.6) is 0 Å². The topological polar surface area (TPSA) is 50.1 Å². The van der Waals surface area contributed by atoms with Gasteiger partial charge in [0.25, 0.3) is 0 Å². The van der Waals surface area contributed by atoms with Gasteiger partial charge in [-0.25, -0.2) is 4.39 Å². The lowest BCUT2D eigenvalue weighted by atomic mass is 9.91. The number of hydrogen-bond acceptors (Lipinski definition) is 3. The van der Waals surface area contributed by atoms with Crippen LogP contribution >= 0.6 is 0 Å². The van der Waals surface area contributed by atoms with Crippen molar-refractivity contribution in [3.63, 3.8) is 0 Å². The molecule has 2 N–H and O–H groups in total. The Kier molecular flexibility index (Phi) is 4.02. The Morgan fingerprint density at radius 3 is 2.86 bits per heavy atom. The number of nitrogens with zero attached hydrogens (tertiary/aromatic N) is 2. The van der Waals surface area contributed by atoms with Crippen molar-refractivity contribution >= 4 is 0 Å². The molecule has 118 valence electrons. The fourth-order valence-electron chi connectivity index (χ4n) is 3.15. The van der Waals surface area contributed by atoms with E-state index in [4.69, 9.17) is 0 Å². The quantitative estimate of drug-likeness (QED) is 0.912. The van der Waals surface area contributed by atoms with Crippen LogP contribution in [-0.2, 0) is 19.1 Å². The zero-order valence-corrected chi connectivity index (χ0v) is 13.0. The number of hydrogen-bond donors (Lipinski definition) is 2. The van der Waals surface area contributed by atoms with E-state index in [9.17, 15) is 9.50 Å². The second-order valence-corrected chi connectivity index (χ2v) is 6.28. The summed E-state index contributed by atoms with van der Waals surface area (Å²) in [4.78, 5) is 0. The maximum atomic E-state index is 13.0. The third kappa shape index (κ3) is 2.91. The van der Waals surface area contributed by atoms with Crippen molar-refractivity contribution in [2.75, 3.05) is 6.54 Å². The lowest BCUT2D eigenvalue weighted by Crippen LogP contribution is -2.38. The number of aromatic nitrogens is 2. The van der Waals surface area contributed by atoms with Crippen molar-refractivity contribution in [1.29, 1.82) is 0 Å². The van der Waals surface area contributed by atoms with Crippen LogP contribution in [0.2, 0.25) is 0 Å². The number of nitrogens with one attached hydrogen (secondary N) is 1. The van der Waals surface area contributed by atoms with Crippen molar-refractivity contribution in [2.24, 2.45) is 7.05 Å². The highest BCUT2D eigenvalue weighted by Gasteiger charge is 2.28. The van der Waals surface area contributed by atoms with E-state index in [0.29, 0.717) is 12.1 Å². The Balaban J connectivity index is 1.71. The van der Waals surface area contributed by atoms with Crippen molar-refractivity contribution < 1.29 is 9.50 Å².